The van der Waals surface area contributed by atoms with Crippen molar-refractivity contribution in [3.8, 4) is 28.8 Å². The SMILES string of the molecule is NC(=O)c1cc(O[C@H]2CCNC2=O)nc(-c2ccc(Oc3ccc(C(F)(F)F)cc3)cc2CN2CCOCC2)n1. The van der Waals surface area contributed by atoms with Crippen molar-refractivity contribution < 1.29 is 37.0 Å². The Morgan fingerprint density at radius 2 is 1.80 bits per heavy atom. The summed E-state index contributed by atoms with van der Waals surface area (Å²) in [7, 11) is 0. The summed E-state index contributed by atoms with van der Waals surface area (Å²) < 4.78 is 55.9. The summed E-state index contributed by atoms with van der Waals surface area (Å²) in [5.74, 6) is -0.260. The first-order valence-electron chi connectivity index (χ1n) is 12.6. The molecular weight excluding hydrogens is 531 g/mol. The summed E-state index contributed by atoms with van der Waals surface area (Å²) in [6.07, 6.45) is -4.76. The molecule has 2 aliphatic rings. The Kier molecular flexibility index (Phi) is 7.85. The van der Waals surface area contributed by atoms with Gasteiger partial charge in [-0.3, -0.25) is 14.5 Å². The molecule has 0 spiro atoms. The molecule has 3 heterocycles. The van der Waals surface area contributed by atoms with Crippen LogP contribution in [0.4, 0.5) is 13.2 Å². The van der Waals surface area contributed by atoms with E-state index in [0.717, 1.165) is 17.7 Å². The van der Waals surface area contributed by atoms with Gasteiger partial charge in [-0.1, -0.05) is 0 Å². The summed E-state index contributed by atoms with van der Waals surface area (Å²) in [5.41, 5.74) is 5.96. The maximum Gasteiger partial charge on any atom is 0.416 e. The molecule has 0 unspecified atom stereocenters. The fraction of sp³-hybridized carbons (Fsp3) is 0.333. The molecule has 13 heteroatoms. The first-order chi connectivity index (χ1) is 19.2. The number of carbonyl (C=O) groups is 2. The lowest BCUT2D eigenvalue weighted by Gasteiger charge is -2.27. The second-order valence-electron chi connectivity index (χ2n) is 9.30. The molecular formula is C27H26F3N5O5. The molecule has 1 aromatic heterocycles. The monoisotopic (exact) mass is 557 g/mol. The highest BCUT2D eigenvalue weighted by molar-refractivity contribution is 5.91. The van der Waals surface area contributed by atoms with Crippen LogP contribution in [0.2, 0.25) is 0 Å². The number of morpholine rings is 1. The van der Waals surface area contributed by atoms with Gasteiger partial charge < -0.3 is 25.3 Å². The smallest absolute Gasteiger partial charge is 0.416 e. The summed E-state index contributed by atoms with van der Waals surface area (Å²) in [4.78, 5) is 35.1. The van der Waals surface area contributed by atoms with Gasteiger partial charge in [0.05, 0.1) is 18.8 Å². The van der Waals surface area contributed by atoms with E-state index in [9.17, 15) is 22.8 Å². The van der Waals surface area contributed by atoms with Crippen LogP contribution in [0.5, 0.6) is 17.4 Å². The normalized spacial score (nSPS) is 17.9. The lowest BCUT2D eigenvalue weighted by atomic mass is 10.0. The quantitative estimate of drug-likeness (QED) is 0.432. The molecule has 0 bridgehead atoms. The first-order valence-corrected chi connectivity index (χ1v) is 12.6. The van der Waals surface area contributed by atoms with Crippen LogP contribution in [0.25, 0.3) is 11.4 Å². The van der Waals surface area contributed by atoms with E-state index < -0.39 is 23.8 Å². The summed E-state index contributed by atoms with van der Waals surface area (Å²) in [6, 6.07) is 10.8. The van der Waals surface area contributed by atoms with Crippen LogP contribution < -0.4 is 20.5 Å². The molecule has 3 aromatic rings. The second-order valence-corrected chi connectivity index (χ2v) is 9.30. The van der Waals surface area contributed by atoms with Crippen molar-refractivity contribution in [3.05, 3.63) is 65.4 Å². The number of nitrogens with two attached hydrogens (primary N) is 1. The number of amides is 2. The van der Waals surface area contributed by atoms with Gasteiger partial charge in [-0.05, 0) is 48.0 Å². The Labute approximate surface area is 227 Å². The Bertz CT molecular complexity index is 1390. The van der Waals surface area contributed by atoms with Crippen LogP contribution in [-0.4, -0.2) is 65.6 Å². The summed E-state index contributed by atoms with van der Waals surface area (Å²) in [5, 5.41) is 2.68. The molecule has 2 fully saturated rings. The van der Waals surface area contributed by atoms with Gasteiger partial charge in [-0.25, -0.2) is 4.98 Å². The van der Waals surface area contributed by atoms with Gasteiger partial charge in [0.15, 0.2) is 11.9 Å². The molecule has 10 nitrogen and oxygen atoms in total. The van der Waals surface area contributed by atoms with Crippen LogP contribution >= 0.6 is 0 Å². The number of alkyl halides is 3. The number of nitrogens with one attached hydrogen (secondary N) is 1. The molecule has 210 valence electrons. The number of nitrogens with zero attached hydrogens (tertiary/aromatic N) is 3. The van der Waals surface area contributed by atoms with Crippen molar-refractivity contribution in [1.29, 1.82) is 0 Å². The number of carbonyl (C=O) groups excluding carboxylic acids is 2. The zero-order valence-corrected chi connectivity index (χ0v) is 21.2. The third-order valence-electron chi connectivity index (χ3n) is 6.45. The number of halogens is 3. The number of benzene rings is 2. The Morgan fingerprint density at radius 1 is 1.07 bits per heavy atom. The lowest BCUT2D eigenvalue weighted by molar-refractivity contribution is -0.137. The largest absolute Gasteiger partial charge is 0.464 e. The Morgan fingerprint density at radius 3 is 2.45 bits per heavy atom. The molecule has 2 amide bonds. The van der Waals surface area contributed by atoms with Crippen LogP contribution in [0.1, 0.15) is 28.0 Å². The van der Waals surface area contributed by atoms with Gasteiger partial charge in [-0.15, -0.1) is 0 Å². The highest BCUT2D eigenvalue weighted by atomic mass is 19.4. The number of hydrogen-bond donors (Lipinski definition) is 2. The van der Waals surface area contributed by atoms with Gasteiger partial charge in [-0.2, -0.15) is 18.2 Å². The number of hydrogen-bond acceptors (Lipinski definition) is 8. The Hall–Kier alpha value is -4.23. The van der Waals surface area contributed by atoms with E-state index in [1.165, 1.54) is 18.2 Å². The minimum absolute atomic E-state index is 0.0308. The minimum atomic E-state index is -4.45. The zero-order chi connectivity index (χ0) is 28.3. The van der Waals surface area contributed by atoms with Gasteiger partial charge in [0, 0.05) is 44.2 Å². The average Bonchev–Trinajstić information content (AvgIpc) is 3.33. The van der Waals surface area contributed by atoms with Gasteiger partial charge in [0.25, 0.3) is 11.8 Å². The molecule has 0 aliphatic carbocycles. The van der Waals surface area contributed by atoms with E-state index >= 15 is 0 Å². The maximum atomic E-state index is 12.9. The summed E-state index contributed by atoms with van der Waals surface area (Å²) in [6.45, 7) is 3.40. The standard InChI is InChI=1S/C27H26F3N5O5/c28-27(29,30)17-1-3-18(4-2-17)39-19-5-6-20(16(13-19)15-35-9-11-38-12-10-35)25-33-21(24(31)36)14-23(34-25)40-22-7-8-32-26(22)37/h1-6,13-14,22H,7-12,15H2,(H2,31,36)(H,32,37)/t22-/m0/s1. The third kappa shape index (κ3) is 6.49. The molecule has 3 N–H and O–H groups in total. The topological polar surface area (TPSA) is 129 Å². The van der Waals surface area contributed by atoms with Gasteiger partial charge in [0.1, 0.15) is 17.2 Å². The average molecular weight is 558 g/mol. The highest BCUT2D eigenvalue weighted by Crippen LogP contribution is 2.33. The molecule has 0 saturated carbocycles. The number of rotatable bonds is 8. The van der Waals surface area contributed by atoms with Crippen LogP contribution in [-0.2, 0) is 22.3 Å². The molecule has 2 saturated heterocycles. The van der Waals surface area contributed by atoms with Crippen molar-refractivity contribution in [2.45, 2.75) is 25.2 Å². The molecule has 0 radical (unpaired) electrons. The van der Waals surface area contributed by atoms with Crippen molar-refractivity contribution in [2.24, 2.45) is 5.73 Å². The fourth-order valence-corrected chi connectivity index (χ4v) is 4.39. The van der Waals surface area contributed by atoms with Crippen molar-refractivity contribution >= 4 is 11.8 Å². The van der Waals surface area contributed by atoms with Crippen molar-refractivity contribution in [2.75, 3.05) is 32.8 Å². The van der Waals surface area contributed by atoms with Crippen molar-refractivity contribution in [1.82, 2.24) is 20.2 Å². The minimum Gasteiger partial charge on any atom is -0.464 e. The Balaban J connectivity index is 1.49. The van der Waals surface area contributed by atoms with E-state index in [1.807, 2.05) is 0 Å². The predicted octanol–water partition coefficient (Wildman–Crippen LogP) is 3.15. The van der Waals surface area contributed by atoms with Crippen LogP contribution in [0.15, 0.2) is 48.5 Å². The van der Waals surface area contributed by atoms with E-state index in [-0.39, 0.29) is 29.1 Å². The summed E-state index contributed by atoms with van der Waals surface area (Å²) >= 11 is 0. The molecule has 5 rings (SSSR count). The first kappa shape index (κ1) is 27.3. The predicted molar refractivity (Wildman–Crippen MR) is 136 cm³/mol. The maximum absolute atomic E-state index is 12.9. The van der Waals surface area contributed by atoms with E-state index in [0.29, 0.717) is 57.1 Å². The number of ether oxygens (including phenoxy) is 3. The molecule has 2 aromatic carbocycles. The number of aromatic nitrogens is 2. The third-order valence-corrected chi connectivity index (χ3v) is 6.45. The van der Waals surface area contributed by atoms with E-state index in [1.54, 1.807) is 18.2 Å². The van der Waals surface area contributed by atoms with E-state index in [4.69, 9.17) is 19.9 Å². The fourth-order valence-electron chi connectivity index (χ4n) is 4.39. The lowest BCUT2D eigenvalue weighted by Crippen LogP contribution is -2.35. The van der Waals surface area contributed by atoms with Crippen molar-refractivity contribution in [3.63, 3.8) is 0 Å². The van der Waals surface area contributed by atoms with Crippen LogP contribution in [0.3, 0.4) is 0 Å². The highest BCUT2D eigenvalue weighted by Gasteiger charge is 2.30. The van der Waals surface area contributed by atoms with Gasteiger partial charge >= 0.3 is 6.18 Å². The second kappa shape index (κ2) is 11.5. The molecule has 1 atom stereocenters. The van der Waals surface area contributed by atoms with Gasteiger partial charge in [0.2, 0.25) is 5.88 Å². The zero-order valence-electron chi connectivity index (χ0n) is 21.2. The van der Waals surface area contributed by atoms with E-state index in [2.05, 4.69) is 20.2 Å². The molecule has 40 heavy (non-hydrogen) atoms. The van der Waals surface area contributed by atoms with Crippen LogP contribution in [0, 0.1) is 0 Å². The molecule has 2 aliphatic heterocycles. The number of primary amides is 1.